The molecule has 0 rings (SSSR count). The Hall–Kier alpha value is -1.02. The predicted octanol–water partition coefficient (Wildman–Crippen LogP) is 4.57. The number of unbranched alkanes of at least 4 members (excludes halogenated alkanes) is 6. The standard InChI is InChI=1S/C14H24N2/c1-2-3-4-5-6-7-8-10-14(13-16)11-9-12-15/h14H,2-11H2,1H3. The summed E-state index contributed by atoms with van der Waals surface area (Å²) in [5.74, 6) is 0.107. The van der Waals surface area contributed by atoms with Crippen molar-refractivity contribution in [2.75, 3.05) is 0 Å². The second-order valence-corrected chi connectivity index (χ2v) is 4.43. The molecule has 0 aromatic rings. The number of hydrogen-bond donors (Lipinski definition) is 0. The van der Waals surface area contributed by atoms with Gasteiger partial charge >= 0.3 is 0 Å². The molecule has 0 aliphatic heterocycles. The fourth-order valence-corrected chi connectivity index (χ4v) is 1.86. The lowest BCUT2D eigenvalue weighted by Gasteiger charge is -2.06. The van der Waals surface area contributed by atoms with Crippen LogP contribution in [0.5, 0.6) is 0 Å². The third-order valence-corrected chi connectivity index (χ3v) is 2.94. The van der Waals surface area contributed by atoms with Gasteiger partial charge in [-0.3, -0.25) is 0 Å². The summed E-state index contributed by atoms with van der Waals surface area (Å²) in [6.45, 7) is 2.23. The second-order valence-electron chi connectivity index (χ2n) is 4.43. The highest BCUT2D eigenvalue weighted by Crippen LogP contribution is 2.16. The Morgan fingerprint density at radius 2 is 1.50 bits per heavy atom. The lowest BCUT2D eigenvalue weighted by atomic mass is 9.97. The quantitative estimate of drug-likeness (QED) is 0.506. The van der Waals surface area contributed by atoms with E-state index in [9.17, 15) is 0 Å². The van der Waals surface area contributed by atoms with Crippen LogP contribution < -0.4 is 0 Å². The third-order valence-electron chi connectivity index (χ3n) is 2.94. The molecule has 2 nitrogen and oxygen atoms in total. The van der Waals surface area contributed by atoms with Gasteiger partial charge in [0.15, 0.2) is 0 Å². The summed E-state index contributed by atoms with van der Waals surface area (Å²) in [4.78, 5) is 0. The lowest BCUT2D eigenvalue weighted by Crippen LogP contribution is -1.96. The fourth-order valence-electron chi connectivity index (χ4n) is 1.86. The van der Waals surface area contributed by atoms with Gasteiger partial charge in [0, 0.05) is 12.3 Å². The fraction of sp³-hybridized carbons (Fsp3) is 0.857. The lowest BCUT2D eigenvalue weighted by molar-refractivity contribution is 0.503. The summed E-state index contributed by atoms with van der Waals surface area (Å²) in [5.41, 5.74) is 0. The summed E-state index contributed by atoms with van der Waals surface area (Å²) in [5, 5.41) is 17.3. The molecule has 0 bridgehead atoms. The van der Waals surface area contributed by atoms with Gasteiger partial charge in [0.25, 0.3) is 0 Å². The molecule has 2 heteroatoms. The highest BCUT2D eigenvalue weighted by Gasteiger charge is 2.05. The van der Waals surface area contributed by atoms with E-state index in [1.54, 1.807) is 0 Å². The molecule has 1 unspecified atom stereocenters. The van der Waals surface area contributed by atoms with Crippen LogP contribution in [0.25, 0.3) is 0 Å². The molecule has 0 radical (unpaired) electrons. The van der Waals surface area contributed by atoms with Crippen LogP contribution in [0, 0.1) is 28.6 Å². The minimum absolute atomic E-state index is 0.107. The monoisotopic (exact) mass is 220 g/mol. The molecular formula is C14H24N2. The van der Waals surface area contributed by atoms with Gasteiger partial charge in [0.1, 0.15) is 0 Å². The van der Waals surface area contributed by atoms with Crippen LogP contribution in [-0.2, 0) is 0 Å². The molecule has 0 fully saturated rings. The van der Waals surface area contributed by atoms with Gasteiger partial charge < -0.3 is 0 Å². The zero-order valence-corrected chi connectivity index (χ0v) is 10.5. The summed E-state index contributed by atoms with van der Waals surface area (Å²) >= 11 is 0. The summed E-state index contributed by atoms with van der Waals surface area (Å²) in [7, 11) is 0. The van der Waals surface area contributed by atoms with Crippen LogP contribution in [0.15, 0.2) is 0 Å². The number of hydrogen-bond acceptors (Lipinski definition) is 2. The maximum Gasteiger partial charge on any atom is 0.0656 e. The first kappa shape index (κ1) is 15.0. The first-order valence-electron chi connectivity index (χ1n) is 6.61. The number of nitriles is 2. The van der Waals surface area contributed by atoms with E-state index in [0.29, 0.717) is 6.42 Å². The minimum atomic E-state index is 0.107. The maximum absolute atomic E-state index is 8.87. The van der Waals surface area contributed by atoms with Crippen molar-refractivity contribution in [3.05, 3.63) is 0 Å². The van der Waals surface area contributed by atoms with E-state index >= 15 is 0 Å². The van der Waals surface area contributed by atoms with Gasteiger partial charge in [-0.1, -0.05) is 51.9 Å². The molecule has 1 atom stereocenters. The Morgan fingerprint density at radius 3 is 2.06 bits per heavy atom. The van der Waals surface area contributed by atoms with Crippen molar-refractivity contribution in [2.45, 2.75) is 71.1 Å². The van der Waals surface area contributed by atoms with Crippen molar-refractivity contribution in [1.82, 2.24) is 0 Å². The largest absolute Gasteiger partial charge is 0.198 e. The first-order valence-corrected chi connectivity index (χ1v) is 6.61. The van der Waals surface area contributed by atoms with Crippen molar-refractivity contribution in [1.29, 1.82) is 10.5 Å². The smallest absolute Gasteiger partial charge is 0.0656 e. The van der Waals surface area contributed by atoms with Gasteiger partial charge in [-0.2, -0.15) is 10.5 Å². The molecule has 90 valence electrons. The van der Waals surface area contributed by atoms with Crippen molar-refractivity contribution >= 4 is 0 Å². The Balaban J connectivity index is 3.29. The summed E-state index contributed by atoms with van der Waals surface area (Å²) in [6, 6.07) is 4.40. The van der Waals surface area contributed by atoms with Crippen molar-refractivity contribution < 1.29 is 0 Å². The summed E-state index contributed by atoms with van der Waals surface area (Å²) < 4.78 is 0. The SMILES string of the molecule is CCCCCCCCCC(C#N)CCC#N. The minimum Gasteiger partial charge on any atom is -0.198 e. The van der Waals surface area contributed by atoms with Crippen molar-refractivity contribution in [2.24, 2.45) is 5.92 Å². The maximum atomic E-state index is 8.87. The Bertz CT molecular complexity index is 222. The molecule has 0 amide bonds. The number of nitrogens with zero attached hydrogens (tertiary/aromatic N) is 2. The zero-order valence-electron chi connectivity index (χ0n) is 10.5. The van der Waals surface area contributed by atoms with Crippen LogP contribution in [0.1, 0.15) is 71.1 Å². The zero-order chi connectivity index (χ0) is 12.1. The average molecular weight is 220 g/mol. The van der Waals surface area contributed by atoms with E-state index < -0.39 is 0 Å². The Kier molecular flexibility index (Phi) is 11.3. The molecule has 0 N–H and O–H groups in total. The molecule has 0 aromatic heterocycles. The molecule has 0 aromatic carbocycles. The molecule has 16 heavy (non-hydrogen) atoms. The predicted molar refractivity (Wildman–Crippen MR) is 66.6 cm³/mol. The van der Waals surface area contributed by atoms with Crippen LogP contribution in [0.4, 0.5) is 0 Å². The van der Waals surface area contributed by atoms with Crippen molar-refractivity contribution in [3.8, 4) is 12.1 Å². The van der Waals surface area contributed by atoms with E-state index in [-0.39, 0.29) is 5.92 Å². The number of rotatable bonds is 10. The van der Waals surface area contributed by atoms with Crippen LogP contribution in [-0.4, -0.2) is 0 Å². The molecule has 0 aliphatic rings. The molecule has 0 spiro atoms. The van der Waals surface area contributed by atoms with E-state index in [4.69, 9.17) is 10.5 Å². The van der Waals surface area contributed by atoms with Crippen molar-refractivity contribution in [3.63, 3.8) is 0 Å². The molecule has 0 saturated heterocycles. The Labute approximate surface area is 100 Å². The van der Waals surface area contributed by atoms with Crippen LogP contribution in [0.2, 0.25) is 0 Å². The van der Waals surface area contributed by atoms with Gasteiger partial charge in [0.2, 0.25) is 0 Å². The van der Waals surface area contributed by atoms with Crippen LogP contribution in [0.3, 0.4) is 0 Å². The highest BCUT2D eigenvalue weighted by molar-refractivity contribution is 4.85. The second kappa shape index (κ2) is 12.1. The summed E-state index contributed by atoms with van der Waals surface area (Å²) in [6.07, 6.45) is 11.3. The van der Waals surface area contributed by atoms with E-state index in [0.717, 1.165) is 19.3 Å². The molecule has 0 heterocycles. The molecule has 0 saturated carbocycles. The van der Waals surface area contributed by atoms with Gasteiger partial charge in [-0.05, 0) is 12.8 Å². The van der Waals surface area contributed by atoms with Gasteiger partial charge in [-0.25, -0.2) is 0 Å². The first-order chi connectivity index (χ1) is 7.85. The van der Waals surface area contributed by atoms with Crippen LogP contribution >= 0.6 is 0 Å². The van der Waals surface area contributed by atoms with E-state index in [2.05, 4.69) is 19.1 Å². The topological polar surface area (TPSA) is 47.6 Å². The van der Waals surface area contributed by atoms with Gasteiger partial charge in [-0.15, -0.1) is 0 Å². The normalized spacial score (nSPS) is 11.7. The van der Waals surface area contributed by atoms with Gasteiger partial charge in [0.05, 0.1) is 12.1 Å². The highest BCUT2D eigenvalue weighted by atomic mass is 14.3. The molecular weight excluding hydrogens is 196 g/mol. The Morgan fingerprint density at radius 1 is 0.875 bits per heavy atom. The average Bonchev–Trinajstić information content (AvgIpc) is 2.32. The molecule has 0 aliphatic carbocycles. The van der Waals surface area contributed by atoms with E-state index in [1.807, 2.05) is 0 Å². The third kappa shape index (κ3) is 9.53. The van der Waals surface area contributed by atoms with E-state index in [1.165, 1.54) is 38.5 Å².